The summed E-state index contributed by atoms with van der Waals surface area (Å²) in [6, 6.07) is 6.23. The Morgan fingerprint density at radius 2 is 1.90 bits per heavy atom. The molecule has 1 N–H and O–H groups in total. The fourth-order valence-electron chi connectivity index (χ4n) is 3.75. The van der Waals surface area contributed by atoms with E-state index in [1.54, 1.807) is 0 Å². The molecule has 0 radical (unpaired) electrons. The molecule has 1 aromatic rings. The molecule has 0 atom stereocenters. The molecular weight excluding hydrogens is 390 g/mol. The Morgan fingerprint density at radius 3 is 2.57 bits per heavy atom. The fraction of sp³-hybridized carbons (Fsp3) is 0.476. The van der Waals surface area contributed by atoms with Gasteiger partial charge < -0.3 is 14.8 Å². The summed E-state index contributed by atoms with van der Waals surface area (Å²) in [5.41, 5.74) is -0.470. The molecule has 1 aromatic carbocycles. The van der Waals surface area contributed by atoms with Crippen LogP contribution in [0, 0.1) is 11.3 Å². The van der Waals surface area contributed by atoms with Crippen LogP contribution in [0.2, 0.25) is 0 Å². The van der Waals surface area contributed by atoms with Crippen molar-refractivity contribution < 1.29 is 28.7 Å². The van der Waals surface area contributed by atoms with Gasteiger partial charge >= 0.3 is 5.97 Å². The van der Waals surface area contributed by atoms with Crippen LogP contribution in [-0.2, 0) is 14.3 Å². The second-order valence-corrected chi connectivity index (χ2v) is 7.39. The van der Waals surface area contributed by atoms with Gasteiger partial charge in [-0.1, -0.05) is 0 Å². The number of hydrogen-bond acceptors (Lipinski definition) is 7. The van der Waals surface area contributed by atoms with E-state index in [9.17, 15) is 24.4 Å². The van der Waals surface area contributed by atoms with E-state index in [0.29, 0.717) is 25.9 Å². The summed E-state index contributed by atoms with van der Waals surface area (Å²) in [5.74, 6) is -2.23. The first-order chi connectivity index (χ1) is 14.4. The topological polar surface area (TPSA) is 126 Å². The van der Waals surface area contributed by atoms with E-state index >= 15 is 0 Å². The molecule has 3 rings (SSSR count). The molecule has 0 bridgehead atoms. The number of fused-ring (bicyclic) bond motifs is 1. The van der Waals surface area contributed by atoms with Gasteiger partial charge in [-0.15, -0.1) is 0 Å². The number of nitriles is 1. The van der Waals surface area contributed by atoms with Crippen LogP contribution in [0.15, 0.2) is 18.2 Å². The third kappa shape index (κ3) is 4.33. The molecule has 1 aliphatic carbocycles. The molecule has 0 spiro atoms. The average molecular weight is 413 g/mol. The second-order valence-electron chi connectivity index (χ2n) is 7.39. The Labute approximate surface area is 173 Å². The van der Waals surface area contributed by atoms with Crippen LogP contribution in [0.3, 0.4) is 0 Å². The highest BCUT2D eigenvalue weighted by Gasteiger charge is 2.37. The summed E-state index contributed by atoms with van der Waals surface area (Å²) >= 11 is 0. The molecule has 1 aliphatic heterocycles. The summed E-state index contributed by atoms with van der Waals surface area (Å²) in [5, 5.41) is 11.9. The average Bonchev–Trinajstić information content (AvgIpc) is 3.31. The van der Waals surface area contributed by atoms with Gasteiger partial charge in [0.25, 0.3) is 17.7 Å². The van der Waals surface area contributed by atoms with Crippen LogP contribution in [0.25, 0.3) is 0 Å². The maximum absolute atomic E-state index is 12.5. The van der Waals surface area contributed by atoms with Crippen molar-refractivity contribution in [2.45, 2.75) is 37.6 Å². The molecule has 158 valence electrons. The predicted molar refractivity (Wildman–Crippen MR) is 104 cm³/mol. The quantitative estimate of drug-likeness (QED) is 0.388. The Kier molecular flexibility index (Phi) is 6.47. The van der Waals surface area contributed by atoms with Crippen molar-refractivity contribution in [1.82, 2.24) is 10.2 Å². The van der Waals surface area contributed by atoms with Crippen LogP contribution in [0.4, 0.5) is 0 Å². The minimum atomic E-state index is -0.893. The van der Waals surface area contributed by atoms with Gasteiger partial charge in [0, 0.05) is 20.3 Å². The summed E-state index contributed by atoms with van der Waals surface area (Å²) in [7, 11) is 1.54. The number of amides is 3. The molecule has 1 fully saturated rings. The summed E-state index contributed by atoms with van der Waals surface area (Å²) in [6.07, 6.45) is 3.38. The lowest BCUT2D eigenvalue weighted by Gasteiger charge is -2.21. The number of rotatable bonds is 8. The highest BCUT2D eigenvalue weighted by molar-refractivity contribution is 6.22. The molecule has 2 aliphatic rings. The van der Waals surface area contributed by atoms with E-state index < -0.39 is 35.8 Å². The monoisotopic (exact) mass is 413 g/mol. The molecule has 1 heterocycles. The maximum atomic E-state index is 12.5. The number of methoxy groups -OCH3 is 1. The number of esters is 1. The first-order valence-electron chi connectivity index (χ1n) is 9.79. The number of ether oxygens (including phenoxy) is 2. The maximum Gasteiger partial charge on any atom is 0.338 e. The van der Waals surface area contributed by atoms with Gasteiger partial charge in [0.15, 0.2) is 6.61 Å². The van der Waals surface area contributed by atoms with Crippen molar-refractivity contribution in [3.63, 3.8) is 0 Å². The zero-order valence-corrected chi connectivity index (χ0v) is 16.7. The van der Waals surface area contributed by atoms with Gasteiger partial charge in [-0.2, -0.15) is 5.26 Å². The minimum Gasteiger partial charge on any atom is -0.452 e. The van der Waals surface area contributed by atoms with Crippen molar-refractivity contribution in [2.75, 3.05) is 26.9 Å². The minimum absolute atomic E-state index is 0.0669. The van der Waals surface area contributed by atoms with Crippen molar-refractivity contribution >= 4 is 23.7 Å². The Hall–Kier alpha value is -3.25. The number of benzene rings is 1. The van der Waals surface area contributed by atoms with Crippen molar-refractivity contribution in [3.05, 3.63) is 34.9 Å². The fourth-order valence-corrected chi connectivity index (χ4v) is 3.75. The van der Waals surface area contributed by atoms with Crippen LogP contribution in [0.5, 0.6) is 0 Å². The molecule has 0 unspecified atom stereocenters. The third-order valence-corrected chi connectivity index (χ3v) is 5.32. The van der Waals surface area contributed by atoms with Crippen LogP contribution in [0.1, 0.15) is 63.2 Å². The van der Waals surface area contributed by atoms with Gasteiger partial charge in [-0.3, -0.25) is 19.3 Å². The number of carbonyl (C=O) groups is 4. The number of hydrogen-bond donors (Lipinski definition) is 1. The summed E-state index contributed by atoms with van der Waals surface area (Å²) < 4.78 is 9.97. The van der Waals surface area contributed by atoms with Crippen molar-refractivity contribution in [3.8, 4) is 6.07 Å². The number of imide groups is 1. The van der Waals surface area contributed by atoms with Gasteiger partial charge in [0.1, 0.15) is 5.54 Å². The van der Waals surface area contributed by atoms with Gasteiger partial charge in [0.05, 0.1) is 22.8 Å². The summed E-state index contributed by atoms with van der Waals surface area (Å²) in [6.45, 7) is 0.107. The zero-order valence-electron chi connectivity index (χ0n) is 16.7. The number of nitrogens with zero attached hydrogens (tertiary/aromatic N) is 2. The summed E-state index contributed by atoms with van der Waals surface area (Å²) in [4.78, 5) is 50.4. The molecule has 30 heavy (non-hydrogen) atoms. The molecule has 0 aromatic heterocycles. The van der Waals surface area contributed by atoms with Gasteiger partial charge in [0.2, 0.25) is 0 Å². The normalized spacial score (nSPS) is 16.9. The number of nitrogens with one attached hydrogen (secondary N) is 1. The van der Waals surface area contributed by atoms with Crippen molar-refractivity contribution in [2.24, 2.45) is 0 Å². The second kappa shape index (κ2) is 9.05. The van der Waals surface area contributed by atoms with Gasteiger partial charge in [-0.25, -0.2) is 4.79 Å². The van der Waals surface area contributed by atoms with Crippen LogP contribution >= 0.6 is 0 Å². The molecular formula is C21H23N3O6. The highest BCUT2D eigenvalue weighted by Crippen LogP contribution is 2.29. The zero-order chi connectivity index (χ0) is 21.7. The van der Waals surface area contributed by atoms with Crippen LogP contribution < -0.4 is 5.32 Å². The Morgan fingerprint density at radius 1 is 1.20 bits per heavy atom. The van der Waals surface area contributed by atoms with E-state index in [0.717, 1.165) is 17.7 Å². The van der Waals surface area contributed by atoms with Crippen LogP contribution in [-0.4, -0.2) is 61.0 Å². The van der Waals surface area contributed by atoms with E-state index in [1.807, 2.05) is 0 Å². The molecule has 1 saturated carbocycles. The molecule has 3 amide bonds. The SMILES string of the molecule is COCCCN1C(=O)c2ccc(C(=O)OCC(=O)NC3(C#N)CCCC3)cc2C1=O. The first kappa shape index (κ1) is 21.5. The molecule has 9 nitrogen and oxygen atoms in total. The number of carbonyl (C=O) groups excluding carboxylic acids is 4. The van der Waals surface area contributed by atoms with E-state index in [1.165, 1.54) is 25.3 Å². The van der Waals surface area contributed by atoms with E-state index in [2.05, 4.69) is 11.4 Å². The van der Waals surface area contributed by atoms with Crippen molar-refractivity contribution in [1.29, 1.82) is 5.26 Å². The first-order valence-corrected chi connectivity index (χ1v) is 9.79. The smallest absolute Gasteiger partial charge is 0.338 e. The Bertz CT molecular complexity index is 914. The molecule has 0 saturated heterocycles. The lowest BCUT2D eigenvalue weighted by Crippen LogP contribution is -2.46. The standard InChI is InChI=1S/C21H23N3O6/c1-29-10-4-9-24-18(26)15-6-5-14(11-16(15)19(24)27)20(28)30-12-17(25)23-21(13-22)7-2-3-8-21/h5-6,11H,2-4,7-10,12H2,1H3,(H,23,25). The lowest BCUT2D eigenvalue weighted by atomic mass is 10.00. The van der Waals surface area contributed by atoms with Gasteiger partial charge in [-0.05, 0) is 50.3 Å². The predicted octanol–water partition coefficient (Wildman–Crippen LogP) is 1.43. The molecule has 9 heteroatoms. The lowest BCUT2D eigenvalue weighted by molar-refractivity contribution is -0.125. The largest absolute Gasteiger partial charge is 0.452 e. The van der Waals surface area contributed by atoms with E-state index in [4.69, 9.17) is 9.47 Å². The van der Waals surface area contributed by atoms with E-state index in [-0.39, 0.29) is 23.2 Å². The Balaban J connectivity index is 1.61. The third-order valence-electron chi connectivity index (χ3n) is 5.32. The highest BCUT2D eigenvalue weighted by atomic mass is 16.5.